The molecule has 6 nitrogen and oxygen atoms in total. The van der Waals surface area contributed by atoms with E-state index in [-0.39, 0.29) is 16.4 Å². The van der Waals surface area contributed by atoms with E-state index in [1.807, 2.05) is 0 Å². The number of ether oxygens (including phenoxy) is 1. The molecule has 1 amide bonds. The van der Waals surface area contributed by atoms with E-state index in [0.29, 0.717) is 30.8 Å². The normalized spacial score (nSPS) is 17.1. The topological polar surface area (TPSA) is 98.5 Å². The van der Waals surface area contributed by atoms with Crippen LogP contribution in [0, 0.1) is 5.82 Å². The van der Waals surface area contributed by atoms with Gasteiger partial charge in [-0.25, -0.2) is 17.9 Å². The smallest absolute Gasteiger partial charge is 0.251 e. The third-order valence-electron chi connectivity index (χ3n) is 3.99. The number of carbonyl (C=O) groups excluding carboxylic acids is 1. The van der Waals surface area contributed by atoms with Gasteiger partial charge in [-0.1, -0.05) is 0 Å². The fraction of sp³-hybridized carbons (Fsp3) is 0.235. The summed E-state index contributed by atoms with van der Waals surface area (Å²) in [6.07, 6.45) is 1.32. The fourth-order valence-corrected chi connectivity index (χ4v) is 3.25. The summed E-state index contributed by atoms with van der Waals surface area (Å²) >= 11 is 0. The minimum atomic E-state index is -3.81. The third kappa shape index (κ3) is 3.97. The molecule has 0 fully saturated rings. The van der Waals surface area contributed by atoms with Gasteiger partial charge >= 0.3 is 0 Å². The molecule has 0 spiro atoms. The lowest BCUT2D eigenvalue weighted by Crippen LogP contribution is -2.28. The number of carbonyl (C=O) groups is 1. The van der Waals surface area contributed by atoms with Crippen molar-refractivity contribution < 1.29 is 22.3 Å². The summed E-state index contributed by atoms with van der Waals surface area (Å²) in [4.78, 5) is 12.4. The number of benzene rings is 2. The first-order chi connectivity index (χ1) is 11.8. The molecule has 0 unspecified atom stereocenters. The summed E-state index contributed by atoms with van der Waals surface area (Å²) in [6.45, 7) is 0.494. The van der Waals surface area contributed by atoms with Crippen LogP contribution in [0.25, 0.3) is 0 Å². The highest BCUT2D eigenvalue weighted by Crippen LogP contribution is 2.32. The van der Waals surface area contributed by atoms with E-state index in [9.17, 15) is 17.6 Å². The summed E-state index contributed by atoms with van der Waals surface area (Å²) in [5.41, 5.74) is 0.877. The van der Waals surface area contributed by atoms with E-state index in [0.717, 1.165) is 0 Å². The van der Waals surface area contributed by atoms with E-state index in [1.165, 1.54) is 36.4 Å². The van der Waals surface area contributed by atoms with Crippen molar-refractivity contribution in [3.63, 3.8) is 0 Å². The summed E-state index contributed by atoms with van der Waals surface area (Å²) in [6, 6.07) is 9.14. The highest BCUT2D eigenvalue weighted by atomic mass is 32.2. The van der Waals surface area contributed by atoms with Gasteiger partial charge in [-0.3, -0.25) is 4.79 Å². The SMILES string of the molecule is NS(=O)(=O)c1ccc(C(=O)N[C@@H]2CCCOc3ccc(F)cc32)cc1. The molecule has 3 N–H and O–H groups in total. The lowest BCUT2D eigenvalue weighted by molar-refractivity contribution is 0.0934. The van der Waals surface area contributed by atoms with Gasteiger partial charge in [0.25, 0.3) is 5.91 Å². The summed E-state index contributed by atoms with van der Waals surface area (Å²) < 4.78 is 41.7. The van der Waals surface area contributed by atoms with Crippen molar-refractivity contribution in [3.05, 3.63) is 59.4 Å². The van der Waals surface area contributed by atoms with Gasteiger partial charge in [0.15, 0.2) is 0 Å². The van der Waals surface area contributed by atoms with Crippen molar-refractivity contribution >= 4 is 15.9 Å². The first-order valence-electron chi connectivity index (χ1n) is 7.70. The van der Waals surface area contributed by atoms with Gasteiger partial charge in [0.1, 0.15) is 11.6 Å². The van der Waals surface area contributed by atoms with E-state index in [4.69, 9.17) is 9.88 Å². The highest BCUT2D eigenvalue weighted by molar-refractivity contribution is 7.89. The second kappa shape index (κ2) is 6.81. The van der Waals surface area contributed by atoms with Crippen LogP contribution in [0.15, 0.2) is 47.4 Å². The van der Waals surface area contributed by atoms with Gasteiger partial charge in [-0.15, -0.1) is 0 Å². The molecule has 1 heterocycles. The predicted molar refractivity (Wildman–Crippen MR) is 89.2 cm³/mol. The van der Waals surface area contributed by atoms with Gasteiger partial charge in [-0.2, -0.15) is 0 Å². The monoisotopic (exact) mass is 364 g/mol. The van der Waals surface area contributed by atoms with Gasteiger partial charge in [0.2, 0.25) is 10.0 Å². The first kappa shape index (κ1) is 17.4. The number of hydrogen-bond acceptors (Lipinski definition) is 4. The van der Waals surface area contributed by atoms with Crippen LogP contribution < -0.4 is 15.2 Å². The Morgan fingerprint density at radius 1 is 1.20 bits per heavy atom. The maximum Gasteiger partial charge on any atom is 0.251 e. The molecular formula is C17H17FN2O4S. The minimum absolute atomic E-state index is 0.0701. The molecule has 132 valence electrons. The molecule has 0 bridgehead atoms. The molecule has 0 aromatic heterocycles. The number of halogens is 1. The quantitative estimate of drug-likeness (QED) is 0.871. The molecule has 1 aliphatic rings. The molecule has 0 aliphatic carbocycles. The molecule has 2 aromatic rings. The maximum atomic E-state index is 13.6. The molecule has 8 heteroatoms. The largest absolute Gasteiger partial charge is 0.493 e. The number of primary sulfonamides is 1. The Kier molecular flexibility index (Phi) is 4.73. The second-order valence-electron chi connectivity index (χ2n) is 5.77. The van der Waals surface area contributed by atoms with Crippen molar-refractivity contribution in [2.75, 3.05) is 6.61 Å². The maximum absolute atomic E-state index is 13.6. The summed E-state index contributed by atoms with van der Waals surface area (Å²) in [5, 5.41) is 7.89. The molecule has 0 radical (unpaired) electrons. The zero-order valence-corrected chi connectivity index (χ0v) is 14.1. The molecule has 3 rings (SSSR count). The number of nitrogens with one attached hydrogen (secondary N) is 1. The van der Waals surface area contributed by atoms with Gasteiger partial charge in [0.05, 0.1) is 17.5 Å². The molecule has 1 atom stereocenters. The molecule has 1 aliphatic heterocycles. The van der Waals surface area contributed by atoms with Crippen LogP contribution in [0.4, 0.5) is 4.39 Å². The van der Waals surface area contributed by atoms with E-state index in [2.05, 4.69) is 5.32 Å². The number of hydrogen-bond donors (Lipinski definition) is 2. The average Bonchev–Trinajstić information content (AvgIpc) is 2.76. The van der Waals surface area contributed by atoms with Crippen molar-refractivity contribution in [2.24, 2.45) is 5.14 Å². The Hall–Kier alpha value is -2.45. The van der Waals surface area contributed by atoms with Gasteiger partial charge in [0, 0.05) is 11.1 Å². The first-order valence-corrected chi connectivity index (χ1v) is 9.25. The number of sulfonamides is 1. The Balaban J connectivity index is 1.82. The lowest BCUT2D eigenvalue weighted by Gasteiger charge is -2.18. The molecule has 0 saturated carbocycles. The van der Waals surface area contributed by atoms with Crippen LogP contribution in [0.2, 0.25) is 0 Å². The molecule has 0 saturated heterocycles. The second-order valence-corrected chi connectivity index (χ2v) is 7.33. The molecule has 25 heavy (non-hydrogen) atoms. The van der Waals surface area contributed by atoms with Crippen molar-refractivity contribution in [1.82, 2.24) is 5.32 Å². The molecule has 2 aromatic carbocycles. The third-order valence-corrected chi connectivity index (χ3v) is 4.92. The van der Waals surface area contributed by atoms with Crippen LogP contribution >= 0.6 is 0 Å². The Bertz CT molecular complexity index is 897. The van der Waals surface area contributed by atoms with Crippen LogP contribution in [-0.2, 0) is 10.0 Å². The van der Waals surface area contributed by atoms with Crippen molar-refractivity contribution in [1.29, 1.82) is 0 Å². The highest BCUT2D eigenvalue weighted by Gasteiger charge is 2.23. The Labute approximate surface area is 144 Å². The van der Waals surface area contributed by atoms with Crippen LogP contribution in [0.1, 0.15) is 34.8 Å². The number of rotatable bonds is 3. The zero-order valence-electron chi connectivity index (χ0n) is 13.2. The van der Waals surface area contributed by atoms with Crippen molar-refractivity contribution in [2.45, 2.75) is 23.8 Å². The fourth-order valence-electron chi connectivity index (χ4n) is 2.74. The number of amides is 1. The van der Waals surface area contributed by atoms with Crippen LogP contribution in [0.5, 0.6) is 5.75 Å². The number of nitrogens with two attached hydrogens (primary N) is 1. The van der Waals surface area contributed by atoms with Crippen LogP contribution in [-0.4, -0.2) is 20.9 Å². The van der Waals surface area contributed by atoms with Crippen LogP contribution in [0.3, 0.4) is 0 Å². The Morgan fingerprint density at radius 3 is 2.60 bits per heavy atom. The standard InChI is InChI=1S/C17H17FN2O4S/c18-12-5-8-16-14(10-12)15(2-1-9-24-16)20-17(21)11-3-6-13(7-4-11)25(19,22)23/h3-8,10,15H,1-2,9H2,(H,20,21)(H2,19,22,23)/t15-/m1/s1. The summed E-state index contributed by atoms with van der Waals surface area (Å²) in [5.74, 6) is -0.238. The van der Waals surface area contributed by atoms with Gasteiger partial charge in [-0.05, 0) is 55.3 Å². The lowest BCUT2D eigenvalue weighted by atomic mass is 10.0. The predicted octanol–water partition coefficient (Wildman–Crippen LogP) is 2.12. The Morgan fingerprint density at radius 2 is 1.92 bits per heavy atom. The minimum Gasteiger partial charge on any atom is -0.493 e. The number of fused-ring (bicyclic) bond motifs is 1. The van der Waals surface area contributed by atoms with E-state index >= 15 is 0 Å². The summed E-state index contributed by atoms with van der Waals surface area (Å²) in [7, 11) is -3.81. The molecular weight excluding hydrogens is 347 g/mol. The van der Waals surface area contributed by atoms with E-state index in [1.54, 1.807) is 6.07 Å². The van der Waals surface area contributed by atoms with Gasteiger partial charge < -0.3 is 10.1 Å². The van der Waals surface area contributed by atoms with E-state index < -0.39 is 21.9 Å². The average molecular weight is 364 g/mol. The van der Waals surface area contributed by atoms with Crippen molar-refractivity contribution in [3.8, 4) is 5.75 Å². The zero-order chi connectivity index (χ0) is 18.0.